The Bertz CT molecular complexity index is 960. The van der Waals surface area contributed by atoms with Gasteiger partial charge >= 0.3 is 0 Å². The highest BCUT2D eigenvalue weighted by Crippen LogP contribution is 2.38. The third kappa shape index (κ3) is 4.43. The van der Waals surface area contributed by atoms with E-state index in [1.165, 1.54) is 25.3 Å². The summed E-state index contributed by atoms with van der Waals surface area (Å²) in [6.07, 6.45) is 1.43. The van der Waals surface area contributed by atoms with Gasteiger partial charge in [0.2, 0.25) is 0 Å². The highest BCUT2D eigenvalue weighted by Gasteiger charge is 2.35. The first-order valence-electron chi connectivity index (χ1n) is 8.40. The van der Waals surface area contributed by atoms with Gasteiger partial charge in [-0.25, -0.2) is 0 Å². The number of carbonyl (C=O) groups excluding carboxylic acids is 2. The van der Waals surface area contributed by atoms with E-state index in [9.17, 15) is 14.7 Å². The Balaban J connectivity index is 1.71. The van der Waals surface area contributed by atoms with E-state index < -0.39 is 11.1 Å². The van der Waals surface area contributed by atoms with Crippen LogP contribution in [0, 0.1) is 6.92 Å². The van der Waals surface area contributed by atoms with E-state index in [0.717, 1.165) is 22.2 Å². The normalized spacial score (nSPS) is 15.4. The molecule has 1 N–H and O–H groups in total. The van der Waals surface area contributed by atoms with Crippen molar-refractivity contribution in [2.75, 3.05) is 20.3 Å². The molecule has 0 radical (unpaired) electrons. The van der Waals surface area contributed by atoms with Gasteiger partial charge in [-0.1, -0.05) is 23.7 Å². The summed E-state index contributed by atoms with van der Waals surface area (Å²) >= 11 is 6.81. The summed E-state index contributed by atoms with van der Waals surface area (Å²) in [7, 11) is 1.40. The monoisotopic (exact) mass is 419 g/mol. The lowest BCUT2D eigenvalue weighted by atomic mass is 10.1. The zero-order valence-electron chi connectivity index (χ0n) is 15.3. The van der Waals surface area contributed by atoms with Gasteiger partial charge in [0.25, 0.3) is 11.1 Å². The van der Waals surface area contributed by atoms with Crippen LogP contribution in [0.2, 0.25) is 5.02 Å². The lowest BCUT2D eigenvalue weighted by Gasteiger charge is -2.13. The van der Waals surface area contributed by atoms with Crippen molar-refractivity contribution >= 4 is 40.6 Å². The third-order valence-electron chi connectivity index (χ3n) is 4.02. The van der Waals surface area contributed by atoms with Crippen molar-refractivity contribution in [3.8, 4) is 17.2 Å². The number of benzene rings is 2. The Hall–Kier alpha value is -2.64. The maximum Gasteiger partial charge on any atom is 0.293 e. The van der Waals surface area contributed by atoms with Gasteiger partial charge in [-0.2, -0.15) is 0 Å². The number of aryl methyl sites for hydroxylation is 1. The van der Waals surface area contributed by atoms with Gasteiger partial charge in [0.15, 0.2) is 11.5 Å². The molecule has 0 bridgehead atoms. The molecule has 6 nitrogen and oxygen atoms in total. The molecular formula is C20H18ClNO5S. The van der Waals surface area contributed by atoms with Gasteiger partial charge in [0.1, 0.15) is 12.4 Å². The van der Waals surface area contributed by atoms with E-state index in [4.69, 9.17) is 21.1 Å². The van der Waals surface area contributed by atoms with E-state index in [-0.39, 0.29) is 29.6 Å². The molecule has 2 aromatic carbocycles. The number of thioether (sulfide) groups is 1. The first-order valence-corrected chi connectivity index (χ1v) is 9.60. The number of halogens is 1. The summed E-state index contributed by atoms with van der Waals surface area (Å²) in [6.45, 7) is 2.26. The quantitative estimate of drug-likeness (QED) is 0.696. The van der Waals surface area contributed by atoms with Crippen molar-refractivity contribution in [1.29, 1.82) is 0 Å². The number of rotatable bonds is 6. The Morgan fingerprint density at radius 3 is 2.75 bits per heavy atom. The smallest absolute Gasteiger partial charge is 0.293 e. The Kier molecular flexibility index (Phi) is 6.16. The fraction of sp³-hybridized carbons (Fsp3) is 0.200. The molecule has 2 amide bonds. The van der Waals surface area contributed by atoms with Crippen LogP contribution in [-0.2, 0) is 4.79 Å². The minimum Gasteiger partial charge on any atom is -0.504 e. The molecule has 28 heavy (non-hydrogen) atoms. The van der Waals surface area contributed by atoms with Gasteiger partial charge in [-0.3, -0.25) is 14.5 Å². The second-order valence-corrected chi connectivity index (χ2v) is 7.47. The number of nitrogens with zero attached hydrogens (tertiary/aromatic N) is 1. The molecule has 146 valence electrons. The van der Waals surface area contributed by atoms with Crippen molar-refractivity contribution in [2.24, 2.45) is 0 Å². The maximum absolute atomic E-state index is 12.6. The van der Waals surface area contributed by atoms with Gasteiger partial charge in [-0.05, 0) is 48.5 Å². The molecule has 0 atom stereocenters. The number of aromatic hydroxyl groups is 1. The second-order valence-electron chi connectivity index (χ2n) is 6.04. The lowest BCUT2D eigenvalue weighted by molar-refractivity contribution is -0.123. The second kappa shape index (κ2) is 8.58. The highest BCUT2D eigenvalue weighted by atomic mass is 35.5. The van der Waals surface area contributed by atoms with Crippen LogP contribution >= 0.6 is 23.4 Å². The van der Waals surface area contributed by atoms with Crippen LogP contribution in [0.5, 0.6) is 17.2 Å². The molecule has 3 rings (SSSR count). The fourth-order valence-corrected chi connectivity index (χ4v) is 3.73. The number of hydrogen-bond donors (Lipinski definition) is 1. The Labute approximate surface area is 171 Å². The summed E-state index contributed by atoms with van der Waals surface area (Å²) in [5.74, 6) is 0.269. The number of ether oxygens (including phenoxy) is 2. The molecule has 0 saturated carbocycles. The van der Waals surface area contributed by atoms with E-state index in [2.05, 4.69) is 0 Å². The predicted octanol–water partition coefficient (Wildman–Crippen LogP) is 4.48. The van der Waals surface area contributed by atoms with Crippen molar-refractivity contribution in [1.82, 2.24) is 4.90 Å². The van der Waals surface area contributed by atoms with Crippen LogP contribution in [0.3, 0.4) is 0 Å². The van der Waals surface area contributed by atoms with E-state index in [1.54, 1.807) is 0 Å². The average Bonchev–Trinajstić information content (AvgIpc) is 2.92. The zero-order chi connectivity index (χ0) is 20.3. The van der Waals surface area contributed by atoms with Gasteiger partial charge in [0.05, 0.1) is 18.6 Å². The number of hydrogen-bond acceptors (Lipinski definition) is 6. The Morgan fingerprint density at radius 1 is 1.25 bits per heavy atom. The zero-order valence-corrected chi connectivity index (χ0v) is 16.8. The standard InChI is InChI=1S/C20H18ClNO5S/c1-12-4-3-5-15(8-12)27-7-6-22-19(24)17(28-20(22)25)10-13-9-14(21)11-16(26-2)18(13)23/h3-5,8-11,23H,6-7H2,1-2H3/b17-10-. The molecule has 1 heterocycles. The molecule has 0 aliphatic carbocycles. The molecule has 1 fully saturated rings. The predicted molar refractivity (Wildman–Crippen MR) is 109 cm³/mol. The van der Waals surface area contributed by atoms with Gasteiger partial charge in [0, 0.05) is 16.7 Å². The lowest BCUT2D eigenvalue weighted by Crippen LogP contribution is -2.32. The number of imide groups is 1. The van der Waals surface area contributed by atoms with E-state index in [0.29, 0.717) is 16.3 Å². The topological polar surface area (TPSA) is 76.1 Å². The SMILES string of the molecule is COc1cc(Cl)cc(/C=C2\SC(=O)N(CCOc3cccc(C)c3)C2=O)c1O. The maximum atomic E-state index is 12.6. The van der Waals surface area contributed by atoms with Crippen LogP contribution in [0.15, 0.2) is 41.3 Å². The summed E-state index contributed by atoms with van der Waals surface area (Å²) in [4.78, 5) is 26.1. The molecular weight excluding hydrogens is 402 g/mol. The minimum atomic E-state index is -0.443. The van der Waals surface area contributed by atoms with Crippen LogP contribution < -0.4 is 9.47 Å². The molecule has 0 aromatic heterocycles. The number of methoxy groups -OCH3 is 1. The van der Waals surface area contributed by atoms with Crippen LogP contribution in [0.4, 0.5) is 4.79 Å². The molecule has 8 heteroatoms. The molecule has 1 aliphatic rings. The number of phenolic OH excluding ortho intramolecular Hbond substituents is 1. The molecule has 1 aliphatic heterocycles. The van der Waals surface area contributed by atoms with Crippen molar-refractivity contribution in [3.63, 3.8) is 0 Å². The van der Waals surface area contributed by atoms with Crippen molar-refractivity contribution in [3.05, 3.63) is 57.5 Å². The minimum absolute atomic E-state index is 0.126. The van der Waals surface area contributed by atoms with Crippen molar-refractivity contribution < 1.29 is 24.2 Å². The van der Waals surface area contributed by atoms with E-state index in [1.807, 2.05) is 31.2 Å². The average molecular weight is 420 g/mol. The number of phenols is 1. The van der Waals surface area contributed by atoms with Crippen LogP contribution in [0.25, 0.3) is 6.08 Å². The summed E-state index contributed by atoms with van der Waals surface area (Å²) in [6, 6.07) is 10.5. The highest BCUT2D eigenvalue weighted by molar-refractivity contribution is 8.18. The molecule has 0 unspecified atom stereocenters. The molecule has 2 aromatic rings. The first-order chi connectivity index (χ1) is 13.4. The van der Waals surface area contributed by atoms with Crippen LogP contribution in [0.1, 0.15) is 11.1 Å². The van der Waals surface area contributed by atoms with Gasteiger partial charge < -0.3 is 14.6 Å². The van der Waals surface area contributed by atoms with E-state index >= 15 is 0 Å². The van der Waals surface area contributed by atoms with Gasteiger partial charge in [-0.15, -0.1) is 0 Å². The first kappa shape index (κ1) is 20.1. The fourth-order valence-electron chi connectivity index (χ4n) is 2.65. The molecule has 1 saturated heterocycles. The Morgan fingerprint density at radius 2 is 2.04 bits per heavy atom. The number of amides is 2. The van der Waals surface area contributed by atoms with Crippen LogP contribution in [-0.4, -0.2) is 41.4 Å². The third-order valence-corrected chi connectivity index (χ3v) is 5.15. The summed E-state index contributed by atoms with van der Waals surface area (Å²) < 4.78 is 10.7. The largest absolute Gasteiger partial charge is 0.504 e. The summed E-state index contributed by atoms with van der Waals surface area (Å²) in [5, 5.41) is 10.2. The summed E-state index contributed by atoms with van der Waals surface area (Å²) in [5.41, 5.74) is 1.36. The molecule has 0 spiro atoms. The number of carbonyl (C=O) groups is 2. The van der Waals surface area contributed by atoms with Crippen molar-refractivity contribution in [2.45, 2.75) is 6.92 Å².